The van der Waals surface area contributed by atoms with Gasteiger partial charge in [-0.2, -0.15) is 11.8 Å². The summed E-state index contributed by atoms with van der Waals surface area (Å²) in [6.07, 6.45) is 0.391. The summed E-state index contributed by atoms with van der Waals surface area (Å²) in [5.41, 5.74) is 6.34. The maximum atomic E-state index is 12.8. The minimum Gasteiger partial charge on any atom is -0.399 e. The van der Waals surface area contributed by atoms with Gasteiger partial charge in [-0.1, -0.05) is 6.92 Å². The Morgan fingerprint density at radius 3 is 2.65 bits per heavy atom. The first-order valence-corrected chi connectivity index (χ1v) is 6.90. The summed E-state index contributed by atoms with van der Waals surface area (Å²) in [4.78, 5) is 0. The van der Waals surface area contributed by atoms with Gasteiger partial charge in [0.15, 0.2) is 0 Å². The van der Waals surface area contributed by atoms with Crippen LogP contribution in [-0.4, -0.2) is 18.1 Å². The Balaban J connectivity index is 2.88. The maximum absolute atomic E-state index is 12.8. The van der Waals surface area contributed by atoms with E-state index in [-0.39, 0.29) is 11.6 Å². The zero-order chi connectivity index (χ0) is 12.8. The van der Waals surface area contributed by atoms with Gasteiger partial charge >= 0.3 is 0 Å². The van der Waals surface area contributed by atoms with Crippen molar-refractivity contribution in [2.24, 2.45) is 0 Å². The molecule has 0 aliphatic heterocycles. The molecule has 1 aromatic carbocycles. The topological polar surface area (TPSA) is 38.0 Å². The molecule has 0 bridgehead atoms. The lowest BCUT2D eigenvalue weighted by molar-refractivity contribution is 0.152. The molecular formula is C12H18F2N2S. The molecule has 1 atom stereocenters. The fraction of sp³-hybridized carbons (Fsp3) is 0.500. The first kappa shape index (κ1) is 14.1. The first-order valence-electron chi connectivity index (χ1n) is 5.51. The van der Waals surface area contributed by atoms with E-state index < -0.39 is 6.43 Å². The van der Waals surface area contributed by atoms with Crippen molar-refractivity contribution in [1.29, 1.82) is 0 Å². The summed E-state index contributed by atoms with van der Waals surface area (Å²) in [6.45, 7) is 2.03. The van der Waals surface area contributed by atoms with E-state index in [4.69, 9.17) is 5.73 Å². The molecule has 3 N–H and O–H groups in total. The molecule has 5 heteroatoms. The molecule has 0 radical (unpaired) electrons. The van der Waals surface area contributed by atoms with Crippen LogP contribution in [0.1, 0.15) is 25.3 Å². The lowest BCUT2D eigenvalue weighted by atomic mass is 10.1. The molecule has 0 saturated carbocycles. The average Bonchev–Trinajstić information content (AvgIpc) is 2.30. The molecule has 1 unspecified atom stereocenters. The molecule has 96 valence electrons. The Labute approximate surface area is 105 Å². The molecule has 0 spiro atoms. The van der Waals surface area contributed by atoms with Crippen LogP contribution >= 0.6 is 11.8 Å². The molecule has 0 heterocycles. The summed E-state index contributed by atoms with van der Waals surface area (Å²) in [7, 11) is 0. The van der Waals surface area contributed by atoms with Crippen molar-refractivity contribution in [2.75, 3.05) is 23.1 Å². The number of thioether (sulfide) groups is 1. The Morgan fingerprint density at radius 1 is 1.41 bits per heavy atom. The van der Waals surface area contributed by atoms with Gasteiger partial charge in [-0.3, -0.25) is 0 Å². The van der Waals surface area contributed by atoms with Gasteiger partial charge in [0.2, 0.25) is 0 Å². The third-order valence-corrected chi connectivity index (χ3v) is 3.27. The number of anilines is 2. The number of nitrogen functional groups attached to an aromatic ring is 1. The molecular weight excluding hydrogens is 242 g/mol. The monoisotopic (exact) mass is 260 g/mol. The van der Waals surface area contributed by atoms with E-state index in [1.165, 1.54) is 6.07 Å². The lowest BCUT2D eigenvalue weighted by Crippen LogP contribution is -2.22. The highest BCUT2D eigenvalue weighted by Gasteiger charge is 2.15. The van der Waals surface area contributed by atoms with Crippen molar-refractivity contribution in [2.45, 2.75) is 25.8 Å². The zero-order valence-electron chi connectivity index (χ0n) is 10.0. The second kappa shape index (κ2) is 6.69. The molecule has 0 aromatic heterocycles. The highest BCUT2D eigenvalue weighted by molar-refractivity contribution is 7.98. The minimum absolute atomic E-state index is 0.0236. The first-order chi connectivity index (χ1) is 8.08. The number of rotatable bonds is 6. The van der Waals surface area contributed by atoms with Gasteiger partial charge < -0.3 is 11.1 Å². The van der Waals surface area contributed by atoms with E-state index in [9.17, 15) is 8.78 Å². The van der Waals surface area contributed by atoms with Crippen molar-refractivity contribution >= 4 is 23.1 Å². The molecule has 0 amide bonds. The van der Waals surface area contributed by atoms with Gasteiger partial charge in [0.05, 0.1) is 0 Å². The Kier molecular flexibility index (Phi) is 5.55. The number of nitrogens with one attached hydrogen (secondary N) is 1. The van der Waals surface area contributed by atoms with Crippen molar-refractivity contribution in [3.05, 3.63) is 23.8 Å². The molecule has 1 aromatic rings. The SMILES string of the molecule is CCC(CSC)Nc1ccc(N)cc1C(F)F. The summed E-state index contributed by atoms with van der Waals surface area (Å²) in [5.74, 6) is 0.892. The number of hydrogen-bond donors (Lipinski definition) is 2. The third-order valence-electron chi connectivity index (χ3n) is 2.53. The predicted molar refractivity (Wildman–Crippen MR) is 71.9 cm³/mol. The van der Waals surface area contributed by atoms with E-state index in [0.29, 0.717) is 11.4 Å². The number of benzene rings is 1. The van der Waals surface area contributed by atoms with Gasteiger partial charge in [-0.25, -0.2) is 8.78 Å². The number of halogens is 2. The van der Waals surface area contributed by atoms with Gasteiger partial charge in [0.1, 0.15) is 0 Å². The molecule has 0 aliphatic carbocycles. The van der Waals surface area contributed by atoms with E-state index in [2.05, 4.69) is 5.32 Å². The van der Waals surface area contributed by atoms with Crippen LogP contribution in [0.15, 0.2) is 18.2 Å². The summed E-state index contributed by atoms with van der Waals surface area (Å²) in [5, 5.41) is 3.15. The van der Waals surface area contributed by atoms with Crippen LogP contribution in [0.25, 0.3) is 0 Å². The fourth-order valence-electron chi connectivity index (χ4n) is 1.58. The maximum Gasteiger partial charge on any atom is 0.265 e. The van der Waals surface area contributed by atoms with Gasteiger partial charge in [0.25, 0.3) is 6.43 Å². The smallest absolute Gasteiger partial charge is 0.265 e. The predicted octanol–water partition coefficient (Wildman–Crippen LogP) is 3.76. The minimum atomic E-state index is -2.51. The molecule has 0 saturated heterocycles. The van der Waals surface area contributed by atoms with Crippen molar-refractivity contribution in [1.82, 2.24) is 0 Å². The van der Waals surface area contributed by atoms with Gasteiger partial charge in [-0.15, -0.1) is 0 Å². The molecule has 17 heavy (non-hydrogen) atoms. The van der Waals surface area contributed by atoms with Crippen LogP contribution in [0.3, 0.4) is 0 Å². The van der Waals surface area contributed by atoms with Crippen LogP contribution in [0, 0.1) is 0 Å². The Morgan fingerprint density at radius 2 is 2.12 bits per heavy atom. The fourth-order valence-corrected chi connectivity index (χ4v) is 2.30. The highest BCUT2D eigenvalue weighted by atomic mass is 32.2. The standard InChI is InChI=1S/C12H18F2N2S/c1-3-9(7-17-2)16-11-5-4-8(15)6-10(11)12(13)14/h4-6,9,12,16H,3,7,15H2,1-2H3. The lowest BCUT2D eigenvalue weighted by Gasteiger charge is -2.19. The molecule has 0 fully saturated rings. The quantitative estimate of drug-likeness (QED) is 0.765. The number of nitrogens with two attached hydrogens (primary N) is 1. The molecule has 2 nitrogen and oxygen atoms in total. The van der Waals surface area contributed by atoms with Crippen molar-refractivity contribution in [3.63, 3.8) is 0 Å². The number of alkyl halides is 2. The van der Waals surface area contributed by atoms with Crippen LogP contribution in [-0.2, 0) is 0 Å². The second-order valence-electron chi connectivity index (χ2n) is 3.85. The van der Waals surface area contributed by atoms with Crippen LogP contribution in [0.5, 0.6) is 0 Å². The van der Waals surface area contributed by atoms with E-state index in [1.54, 1.807) is 23.9 Å². The van der Waals surface area contributed by atoms with Crippen molar-refractivity contribution < 1.29 is 8.78 Å². The van der Waals surface area contributed by atoms with Crippen LogP contribution < -0.4 is 11.1 Å². The van der Waals surface area contributed by atoms with E-state index >= 15 is 0 Å². The summed E-state index contributed by atoms with van der Waals surface area (Å²) in [6, 6.07) is 4.80. The van der Waals surface area contributed by atoms with Crippen LogP contribution in [0.4, 0.5) is 20.2 Å². The van der Waals surface area contributed by atoms with E-state index in [0.717, 1.165) is 12.2 Å². The highest BCUT2D eigenvalue weighted by Crippen LogP contribution is 2.29. The molecule has 0 aliphatic rings. The van der Waals surface area contributed by atoms with Gasteiger partial charge in [0, 0.05) is 28.7 Å². The Bertz CT molecular complexity index is 358. The second-order valence-corrected chi connectivity index (χ2v) is 4.76. The zero-order valence-corrected chi connectivity index (χ0v) is 10.9. The van der Waals surface area contributed by atoms with Crippen LogP contribution in [0.2, 0.25) is 0 Å². The van der Waals surface area contributed by atoms with Gasteiger partial charge in [-0.05, 0) is 30.9 Å². The largest absolute Gasteiger partial charge is 0.399 e. The Hall–Kier alpha value is -0.970. The number of hydrogen-bond acceptors (Lipinski definition) is 3. The average molecular weight is 260 g/mol. The van der Waals surface area contributed by atoms with Crippen molar-refractivity contribution in [3.8, 4) is 0 Å². The normalized spacial score (nSPS) is 12.8. The van der Waals surface area contributed by atoms with E-state index in [1.807, 2.05) is 13.2 Å². The summed E-state index contributed by atoms with van der Waals surface area (Å²) < 4.78 is 25.7. The molecule has 1 rings (SSSR count). The summed E-state index contributed by atoms with van der Waals surface area (Å²) >= 11 is 1.70. The third kappa shape index (κ3) is 4.07.